The van der Waals surface area contributed by atoms with Crippen molar-refractivity contribution in [3.63, 3.8) is 0 Å². The van der Waals surface area contributed by atoms with E-state index in [1.807, 2.05) is 39.0 Å². The minimum absolute atomic E-state index is 0.0558. The molecule has 8 nitrogen and oxygen atoms in total. The zero-order chi connectivity index (χ0) is 30.3. The van der Waals surface area contributed by atoms with Crippen LogP contribution in [0.4, 0.5) is 19.0 Å². The van der Waals surface area contributed by atoms with Crippen molar-refractivity contribution in [2.24, 2.45) is 5.41 Å². The molecule has 228 valence electrons. The molecule has 0 atom stereocenters. The van der Waals surface area contributed by atoms with E-state index in [1.54, 1.807) is 16.0 Å². The molecule has 43 heavy (non-hydrogen) atoms. The Labute approximate surface area is 249 Å². The lowest BCUT2D eigenvalue weighted by Crippen LogP contribution is -2.65. The van der Waals surface area contributed by atoms with Gasteiger partial charge in [-0.05, 0) is 63.4 Å². The Kier molecular flexibility index (Phi) is 7.93. The van der Waals surface area contributed by atoms with Crippen LogP contribution in [-0.2, 0) is 13.1 Å². The van der Waals surface area contributed by atoms with Crippen LogP contribution in [0.5, 0.6) is 17.2 Å². The summed E-state index contributed by atoms with van der Waals surface area (Å²) in [6.45, 7) is 8.49. The molecular weight excluding hydrogens is 559 g/mol. The van der Waals surface area contributed by atoms with Crippen molar-refractivity contribution in [3.8, 4) is 17.2 Å². The molecule has 2 fully saturated rings. The smallest absolute Gasteiger partial charge is 0.257 e. The largest absolute Gasteiger partial charge is 0.490 e. The molecule has 1 spiro atoms. The molecule has 6 rings (SSSR count). The summed E-state index contributed by atoms with van der Waals surface area (Å²) in [5.74, 6) is 1.23. The van der Waals surface area contributed by atoms with E-state index in [9.17, 15) is 18.0 Å². The van der Waals surface area contributed by atoms with Crippen molar-refractivity contribution in [2.75, 3.05) is 31.1 Å². The van der Waals surface area contributed by atoms with Gasteiger partial charge in [-0.1, -0.05) is 12.1 Å². The first-order chi connectivity index (χ1) is 20.6. The van der Waals surface area contributed by atoms with Crippen LogP contribution in [0.1, 0.15) is 55.1 Å². The van der Waals surface area contributed by atoms with Gasteiger partial charge >= 0.3 is 0 Å². The van der Waals surface area contributed by atoms with Crippen LogP contribution in [0.15, 0.2) is 48.9 Å². The number of fused-ring (bicyclic) bond motifs is 1. The van der Waals surface area contributed by atoms with E-state index in [4.69, 9.17) is 9.47 Å². The number of benzene rings is 2. The predicted molar refractivity (Wildman–Crippen MR) is 155 cm³/mol. The fraction of sp³-hybridized carbons (Fsp3) is 0.469. The van der Waals surface area contributed by atoms with Crippen molar-refractivity contribution < 1.29 is 27.4 Å². The van der Waals surface area contributed by atoms with Gasteiger partial charge in [0.2, 0.25) is 0 Å². The summed E-state index contributed by atoms with van der Waals surface area (Å²) in [5, 5.41) is 0. The normalized spacial score (nSPS) is 17.6. The van der Waals surface area contributed by atoms with E-state index in [-0.39, 0.29) is 41.3 Å². The summed E-state index contributed by atoms with van der Waals surface area (Å²) in [7, 11) is 0. The summed E-state index contributed by atoms with van der Waals surface area (Å²) in [5.41, 5.74) is 2.31. The number of alkyl halides is 2. The van der Waals surface area contributed by atoms with Crippen LogP contribution in [-0.4, -0.2) is 70.4 Å². The number of aromatic nitrogens is 2. The van der Waals surface area contributed by atoms with Crippen LogP contribution < -0.4 is 14.4 Å². The molecule has 3 heterocycles. The predicted octanol–water partition coefficient (Wildman–Crippen LogP) is 5.91. The molecule has 1 saturated heterocycles. The van der Waals surface area contributed by atoms with E-state index in [1.165, 1.54) is 24.5 Å². The third-order valence-electron chi connectivity index (χ3n) is 8.64. The highest BCUT2D eigenvalue weighted by atomic mass is 19.3. The van der Waals surface area contributed by atoms with Crippen LogP contribution in [0, 0.1) is 11.2 Å². The van der Waals surface area contributed by atoms with Gasteiger partial charge in [-0.3, -0.25) is 9.69 Å². The summed E-state index contributed by atoms with van der Waals surface area (Å²) in [6.07, 6.45) is 2.49. The summed E-state index contributed by atoms with van der Waals surface area (Å²) in [4.78, 5) is 27.4. The fourth-order valence-electron chi connectivity index (χ4n) is 6.63. The number of rotatable bonds is 10. The van der Waals surface area contributed by atoms with E-state index >= 15 is 0 Å². The van der Waals surface area contributed by atoms with Crippen molar-refractivity contribution >= 4 is 11.7 Å². The molecule has 11 heteroatoms. The number of ether oxygens (including phenoxy) is 2. The number of carbonyl (C=O) groups excluding carboxylic acids is 1. The highest BCUT2D eigenvalue weighted by Gasteiger charge is 2.54. The molecule has 1 amide bonds. The lowest BCUT2D eigenvalue weighted by molar-refractivity contribution is -0.0349. The minimum Gasteiger partial charge on any atom is -0.490 e. The standard InChI is InChI=1S/C32H36F3N5O3/c1-4-40(20(2)3)31(41)24-10-22(33)8-9-27(24)43-28-13-36-19-37-30(28)39-17-32(18-39)11-23(12-32)42-26-7-5-6-21-14-38(15-25(21)26)16-29(34)35/h5-10,13,19-20,23,29H,4,11-12,14-18H2,1-3H3. The van der Waals surface area contributed by atoms with Gasteiger partial charge in [0.05, 0.1) is 18.3 Å². The number of anilines is 1. The minimum atomic E-state index is -2.36. The van der Waals surface area contributed by atoms with Gasteiger partial charge in [0.1, 0.15) is 29.7 Å². The maximum absolute atomic E-state index is 14.2. The summed E-state index contributed by atoms with van der Waals surface area (Å²) < 4.78 is 52.6. The molecule has 0 N–H and O–H groups in total. The second-order valence-corrected chi connectivity index (χ2v) is 12.1. The van der Waals surface area contributed by atoms with Crippen LogP contribution >= 0.6 is 0 Å². The number of amides is 1. The first kappa shape index (κ1) is 29.2. The molecule has 0 bridgehead atoms. The number of hydrogen-bond acceptors (Lipinski definition) is 7. The summed E-state index contributed by atoms with van der Waals surface area (Å²) in [6, 6.07) is 9.73. The second-order valence-electron chi connectivity index (χ2n) is 12.1. The highest BCUT2D eigenvalue weighted by Crippen LogP contribution is 2.52. The Hall–Kier alpha value is -3.86. The Morgan fingerprint density at radius 2 is 1.91 bits per heavy atom. The molecule has 1 aliphatic carbocycles. The Morgan fingerprint density at radius 1 is 1.12 bits per heavy atom. The Balaban J connectivity index is 1.10. The molecule has 3 aliphatic rings. The van der Waals surface area contributed by atoms with Gasteiger partial charge in [-0.15, -0.1) is 0 Å². The van der Waals surface area contributed by atoms with Crippen LogP contribution in [0.2, 0.25) is 0 Å². The number of hydrogen-bond donors (Lipinski definition) is 0. The second kappa shape index (κ2) is 11.7. The molecule has 3 aromatic rings. The molecular formula is C32H36F3N5O3. The lowest BCUT2D eigenvalue weighted by atomic mass is 9.61. The van der Waals surface area contributed by atoms with E-state index in [0.717, 1.165) is 42.8 Å². The quantitative estimate of drug-likeness (QED) is 0.289. The zero-order valence-electron chi connectivity index (χ0n) is 24.6. The third-order valence-corrected chi connectivity index (χ3v) is 8.64. The molecule has 2 aromatic carbocycles. The molecule has 1 aromatic heterocycles. The Morgan fingerprint density at radius 3 is 2.63 bits per heavy atom. The molecule has 2 aliphatic heterocycles. The summed E-state index contributed by atoms with van der Waals surface area (Å²) >= 11 is 0. The number of halogens is 3. The third kappa shape index (κ3) is 5.87. The number of nitrogens with zero attached hydrogens (tertiary/aromatic N) is 5. The first-order valence-corrected chi connectivity index (χ1v) is 14.8. The van der Waals surface area contributed by atoms with E-state index in [0.29, 0.717) is 31.2 Å². The fourth-order valence-corrected chi connectivity index (χ4v) is 6.63. The first-order valence-electron chi connectivity index (χ1n) is 14.8. The molecule has 1 saturated carbocycles. The highest BCUT2D eigenvalue weighted by molar-refractivity contribution is 5.97. The van der Waals surface area contributed by atoms with Gasteiger partial charge in [0.15, 0.2) is 11.6 Å². The average Bonchev–Trinajstić information content (AvgIpc) is 3.33. The van der Waals surface area contributed by atoms with Crippen LogP contribution in [0.3, 0.4) is 0 Å². The van der Waals surface area contributed by atoms with Gasteiger partial charge in [0.25, 0.3) is 12.3 Å². The van der Waals surface area contributed by atoms with Gasteiger partial charge in [-0.2, -0.15) is 0 Å². The van der Waals surface area contributed by atoms with Crippen LogP contribution in [0.25, 0.3) is 0 Å². The SMILES string of the molecule is CCN(C(=O)c1cc(F)ccc1Oc1cncnc1N1CC2(CC(Oc3cccc4c3CN(CC(F)F)C4)C2)C1)C(C)C. The average molecular weight is 596 g/mol. The van der Waals surface area contributed by atoms with Gasteiger partial charge in [0, 0.05) is 49.7 Å². The Bertz CT molecular complexity index is 1490. The lowest BCUT2D eigenvalue weighted by Gasteiger charge is -2.59. The van der Waals surface area contributed by atoms with E-state index < -0.39 is 12.2 Å². The number of carbonyl (C=O) groups is 1. The van der Waals surface area contributed by atoms with Gasteiger partial charge < -0.3 is 19.3 Å². The molecule has 0 radical (unpaired) electrons. The van der Waals surface area contributed by atoms with Crippen molar-refractivity contribution in [3.05, 3.63) is 71.4 Å². The monoisotopic (exact) mass is 595 g/mol. The van der Waals surface area contributed by atoms with Crippen molar-refractivity contribution in [1.82, 2.24) is 19.8 Å². The maximum Gasteiger partial charge on any atom is 0.257 e. The van der Waals surface area contributed by atoms with E-state index in [2.05, 4.69) is 14.9 Å². The van der Waals surface area contributed by atoms with Crippen molar-refractivity contribution in [1.29, 1.82) is 0 Å². The van der Waals surface area contributed by atoms with Crippen molar-refractivity contribution in [2.45, 2.75) is 65.3 Å². The molecule has 0 unspecified atom stereocenters. The van der Waals surface area contributed by atoms with Gasteiger partial charge in [-0.25, -0.2) is 23.1 Å². The maximum atomic E-state index is 14.2. The zero-order valence-corrected chi connectivity index (χ0v) is 24.6. The topological polar surface area (TPSA) is 71.0 Å².